The first kappa shape index (κ1) is 21.8. The van der Waals surface area contributed by atoms with Gasteiger partial charge in [0.2, 0.25) is 0 Å². The van der Waals surface area contributed by atoms with E-state index in [9.17, 15) is 14.9 Å². The summed E-state index contributed by atoms with van der Waals surface area (Å²) in [6.07, 6.45) is 1.21. The smallest absolute Gasteiger partial charge is 0.408 e. The molecule has 1 fully saturated rings. The average molecular weight is 451 g/mol. The van der Waals surface area contributed by atoms with E-state index in [1.807, 2.05) is 0 Å². The van der Waals surface area contributed by atoms with E-state index in [-0.39, 0.29) is 16.9 Å². The SMILES string of the molecule is CC(C)(C)OC(=O)N[C@H](c1nc2cccc(Cl)c2c(=O)n1-c1cccc(C#N)c1)C1CC1. The number of rotatable bonds is 4. The Balaban J connectivity index is 1.93. The maximum Gasteiger partial charge on any atom is 0.408 e. The van der Waals surface area contributed by atoms with Gasteiger partial charge in [0, 0.05) is 0 Å². The molecular weight excluding hydrogens is 428 g/mol. The standard InChI is InChI=1S/C24H23ClN4O3/c1-24(2,3)32-23(31)28-20(15-10-11-15)21-27-18-9-5-8-17(25)19(18)22(30)29(21)16-7-4-6-14(12-16)13-26/h4-9,12,15,20H,10-11H2,1-3H3,(H,28,31)/t20-/m0/s1. The molecule has 1 amide bonds. The summed E-state index contributed by atoms with van der Waals surface area (Å²) < 4.78 is 6.90. The lowest BCUT2D eigenvalue weighted by molar-refractivity contribution is 0.0493. The second-order valence-electron chi connectivity index (χ2n) is 8.87. The lowest BCUT2D eigenvalue weighted by Crippen LogP contribution is -2.38. The number of ether oxygens (including phenoxy) is 1. The molecule has 0 radical (unpaired) electrons. The van der Waals surface area contributed by atoms with E-state index in [1.54, 1.807) is 63.2 Å². The molecule has 2 aromatic carbocycles. The molecule has 1 heterocycles. The first-order chi connectivity index (χ1) is 15.2. The van der Waals surface area contributed by atoms with Crippen LogP contribution < -0.4 is 10.9 Å². The fourth-order valence-corrected chi connectivity index (χ4v) is 3.89. The van der Waals surface area contributed by atoms with Crippen molar-refractivity contribution in [1.29, 1.82) is 5.26 Å². The monoisotopic (exact) mass is 450 g/mol. The minimum atomic E-state index is -0.663. The van der Waals surface area contributed by atoms with Crippen LogP contribution in [0.4, 0.5) is 4.79 Å². The van der Waals surface area contributed by atoms with Crippen LogP contribution in [-0.4, -0.2) is 21.2 Å². The third-order valence-electron chi connectivity index (χ3n) is 5.15. The van der Waals surface area contributed by atoms with Gasteiger partial charge in [0.1, 0.15) is 11.4 Å². The summed E-state index contributed by atoms with van der Waals surface area (Å²) in [4.78, 5) is 31.0. The molecule has 0 aliphatic heterocycles. The van der Waals surface area contributed by atoms with Gasteiger partial charge < -0.3 is 10.1 Å². The quantitative estimate of drug-likeness (QED) is 0.610. The maximum absolute atomic E-state index is 13.6. The van der Waals surface area contributed by atoms with Crippen LogP contribution in [-0.2, 0) is 4.74 Å². The summed E-state index contributed by atoms with van der Waals surface area (Å²) in [6, 6.07) is 13.4. The number of hydrogen-bond donors (Lipinski definition) is 1. The molecule has 8 heteroatoms. The van der Waals surface area contributed by atoms with Crippen LogP contribution in [0.3, 0.4) is 0 Å². The van der Waals surface area contributed by atoms with Crippen molar-refractivity contribution >= 4 is 28.6 Å². The van der Waals surface area contributed by atoms with Crippen molar-refractivity contribution in [1.82, 2.24) is 14.9 Å². The lowest BCUT2D eigenvalue weighted by Gasteiger charge is -2.25. The summed E-state index contributed by atoms with van der Waals surface area (Å²) in [5.74, 6) is 0.504. The Morgan fingerprint density at radius 3 is 2.66 bits per heavy atom. The zero-order chi connectivity index (χ0) is 23.0. The molecule has 0 bridgehead atoms. The maximum atomic E-state index is 13.6. The normalized spacial score (nSPS) is 14.6. The van der Waals surface area contributed by atoms with Crippen LogP contribution in [0.25, 0.3) is 16.6 Å². The van der Waals surface area contributed by atoms with Gasteiger partial charge in [-0.2, -0.15) is 5.26 Å². The molecule has 7 nitrogen and oxygen atoms in total. The summed E-state index contributed by atoms with van der Waals surface area (Å²) in [5, 5.41) is 12.8. The Morgan fingerprint density at radius 1 is 1.28 bits per heavy atom. The molecule has 0 spiro atoms. The van der Waals surface area contributed by atoms with E-state index in [0.717, 1.165) is 12.8 Å². The van der Waals surface area contributed by atoms with Crippen LogP contribution in [0, 0.1) is 17.2 Å². The Morgan fingerprint density at radius 2 is 2.00 bits per heavy atom. The summed E-state index contributed by atoms with van der Waals surface area (Å²) in [5.41, 5.74) is 0.311. The van der Waals surface area contributed by atoms with Crippen molar-refractivity contribution in [2.24, 2.45) is 5.92 Å². The number of carbonyl (C=O) groups excluding carboxylic acids is 1. The average Bonchev–Trinajstić information content (AvgIpc) is 3.55. The largest absolute Gasteiger partial charge is 0.444 e. The van der Waals surface area contributed by atoms with Gasteiger partial charge in [-0.1, -0.05) is 23.7 Å². The highest BCUT2D eigenvalue weighted by molar-refractivity contribution is 6.35. The third kappa shape index (κ3) is 4.46. The number of nitrogens with zero attached hydrogens (tertiary/aromatic N) is 3. The molecular formula is C24H23ClN4O3. The Labute approximate surface area is 190 Å². The molecule has 1 N–H and O–H groups in total. The van der Waals surface area contributed by atoms with E-state index in [2.05, 4.69) is 11.4 Å². The summed E-state index contributed by atoms with van der Waals surface area (Å²) >= 11 is 6.35. The predicted octanol–water partition coefficient (Wildman–Crippen LogP) is 4.89. The van der Waals surface area contributed by atoms with Gasteiger partial charge in [0.15, 0.2) is 0 Å². The molecule has 4 rings (SSSR count). The Hall–Kier alpha value is -3.37. The van der Waals surface area contributed by atoms with Crippen LogP contribution in [0.1, 0.15) is 51.0 Å². The molecule has 1 saturated carbocycles. The van der Waals surface area contributed by atoms with Crippen molar-refractivity contribution in [3.8, 4) is 11.8 Å². The van der Waals surface area contributed by atoms with Gasteiger partial charge in [-0.05, 0) is 69.9 Å². The number of nitriles is 1. The molecule has 1 aliphatic rings. The first-order valence-electron chi connectivity index (χ1n) is 10.4. The fourth-order valence-electron chi connectivity index (χ4n) is 3.64. The Kier molecular flexibility index (Phi) is 5.66. The topological polar surface area (TPSA) is 97.0 Å². The van der Waals surface area contributed by atoms with Gasteiger partial charge in [-0.15, -0.1) is 0 Å². The molecule has 1 aliphatic carbocycles. The number of halogens is 1. The molecule has 3 aromatic rings. The Bertz CT molecular complexity index is 1300. The molecule has 0 unspecified atom stereocenters. The number of alkyl carbamates (subject to hydrolysis) is 1. The number of carbonyl (C=O) groups is 1. The van der Waals surface area contributed by atoms with Crippen LogP contribution in [0.15, 0.2) is 47.3 Å². The van der Waals surface area contributed by atoms with Crippen LogP contribution in [0.5, 0.6) is 0 Å². The molecule has 0 saturated heterocycles. The number of amides is 1. The van der Waals surface area contributed by atoms with Crippen molar-refractivity contribution in [2.75, 3.05) is 0 Å². The number of fused-ring (bicyclic) bond motifs is 1. The van der Waals surface area contributed by atoms with Crippen molar-refractivity contribution in [2.45, 2.75) is 45.3 Å². The zero-order valence-electron chi connectivity index (χ0n) is 18.1. The van der Waals surface area contributed by atoms with Crippen molar-refractivity contribution < 1.29 is 9.53 Å². The summed E-state index contributed by atoms with van der Waals surface area (Å²) in [6.45, 7) is 5.37. The first-order valence-corrected chi connectivity index (χ1v) is 10.8. The fraction of sp³-hybridized carbons (Fsp3) is 0.333. The van der Waals surface area contributed by atoms with Gasteiger partial charge in [-0.25, -0.2) is 9.78 Å². The van der Waals surface area contributed by atoms with Crippen LogP contribution >= 0.6 is 11.6 Å². The molecule has 164 valence electrons. The highest BCUT2D eigenvalue weighted by atomic mass is 35.5. The summed E-state index contributed by atoms with van der Waals surface area (Å²) in [7, 11) is 0. The van der Waals surface area contributed by atoms with Gasteiger partial charge in [0.05, 0.1) is 39.3 Å². The predicted molar refractivity (Wildman–Crippen MR) is 122 cm³/mol. The second kappa shape index (κ2) is 8.29. The van der Waals surface area contributed by atoms with E-state index in [1.165, 1.54) is 4.57 Å². The van der Waals surface area contributed by atoms with Crippen LogP contribution in [0.2, 0.25) is 5.02 Å². The lowest BCUT2D eigenvalue weighted by atomic mass is 10.1. The molecule has 1 atom stereocenters. The van der Waals surface area contributed by atoms with E-state index >= 15 is 0 Å². The minimum Gasteiger partial charge on any atom is -0.444 e. The number of hydrogen-bond acceptors (Lipinski definition) is 5. The second-order valence-corrected chi connectivity index (χ2v) is 9.28. The van der Waals surface area contributed by atoms with E-state index < -0.39 is 17.7 Å². The van der Waals surface area contributed by atoms with Crippen molar-refractivity contribution in [3.63, 3.8) is 0 Å². The highest BCUT2D eigenvalue weighted by Gasteiger charge is 2.38. The zero-order valence-corrected chi connectivity index (χ0v) is 18.8. The van der Waals surface area contributed by atoms with Gasteiger partial charge in [0.25, 0.3) is 5.56 Å². The highest BCUT2D eigenvalue weighted by Crippen LogP contribution is 2.41. The van der Waals surface area contributed by atoms with Crippen molar-refractivity contribution in [3.05, 3.63) is 69.2 Å². The van der Waals surface area contributed by atoms with E-state index in [0.29, 0.717) is 27.6 Å². The number of benzene rings is 2. The van der Waals surface area contributed by atoms with Gasteiger partial charge >= 0.3 is 6.09 Å². The van der Waals surface area contributed by atoms with Gasteiger partial charge in [-0.3, -0.25) is 9.36 Å². The number of aromatic nitrogens is 2. The number of nitrogens with one attached hydrogen (secondary N) is 1. The molecule has 32 heavy (non-hydrogen) atoms. The van der Waals surface area contributed by atoms with E-state index in [4.69, 9.17) is 21.3 Å². The minimum absolute atomic E-state index is 0.122. The molecule has 1 aromatic heterocycles. The third-order valence-corrected chi connectivity index (χ3v) is 5.46.